The van der Waals surface area contributed by atoms with Crippen LogP contribution >= 0.6 is 0 Å². The second-order valence-electron chi connectivity index (χ2n) is 7.78. The van der Waals surface area contributed by atoms with E-state index in [9.17, 15) is 13.2 Å². The summed E-state index contributed by atoms with van der Waals surface area (Å²) in [5.74, 6) is -0.517. The van der Waals surface area contributed by atoms with Gasteiger partial charge >= 0.3 is 0 Å². The topological polar surface area (TPSA) is 78.8 Å². The molecule has 0 saturated heterocycles. The lowest BCUT2D eigenvalue weighted by Crippen LogP contribution is -2.39. The molecule has 0 fully saturated rings. The van der Waals surface area contributed by atoms with E-state index in [1.165, 1.54) is 10.5 Å². The quantitative estimate of drug-likeness (QED) is 0.418. The lowest BCUT2D eigenvalue weighted by molar-refractivity contribution is -0.121. The van der Waals surface area contributed by atoms with Crippen molar-refractivity contribution in [1.82, 2.24) is 9.73 Å². The predicted octanol–water partition coefficient (Wildman–Crippen LogP) is 3.95. The number of rotatable bonds is 8. The first kappa shape index (κ1) is 23.4. The van der Waals surface area contributed by atoms with Gasteiger partial charge in [-0.2, -0.15) is 9.41 Å². The van der Waals surface area contributed by atoms with Gasteiger partial charge in [-0.1, -0.05) is 77.4 Å². The minimum atomic E-state index is -3.89. The van der Waals surface area contributed by atoms with Crippen LogP contribution in [0.4, 0.5) is 0 Å². The molecule has 0 aliphatic rings. The summed E-state index contributed by atoms with van der Waals surface area (Å²) in [4.78, 5) is 12.7. The molecule has 1 N–H and O–H groups in total. The van der Waals surface area contributed by atoms with E-state index in [2.05, 4.69) is 10.5 Å². The summed E-state index contributed by atoms with van der Waals surface area (Å²) in [5, 5.41) is 3.97. The number of hydrogen-bond acceptors (Lipinski definition) is 4. The Hall–Kier alpha value is -3.29. The smallest absolute Gasteiger partial charge is 0.255 e. The molecule has 0 heterocycles. The van der Waals surface area contributed by atoms with Crippen molar-refractivity contribution < 1.29 is 13.2 Å². The summed E-state index contributed by atoms with van der Waals surface area (Å²) < 4.78 is 27.8. The number of hydrogen-bond donors (Lipinski definition) is 1. The minimum Gasteiger partial charge on any atom is -0.272 e. The Labute approximate surface area is 189 Å². The Morgan fingerprint density at radius 1 is 0.906 bits per heavy atom. The normalized spacial score (nSPS) is 11.8. The number of nitrogens with zero attached hydrogens (tertiary/aromatic N) is 2. The van der Waals surface area contributed by atoms with Gasteiger partial charge in [0.2, 0.25) is 10.0 Å². The van der Waals surface area contributed by atoms with Gasteiger partial charge in [-0.25, -0.2) is 13.8 Å². The van der Waals surface area contributed by atoms with Crippen LogP contribution in [0.1, 0.15) is 27.8 Å². The lowest BCUT2D eigenvalue weighted by atomic mass is 10.1. The van der Waals surface area contributed by atoms with Gasteiger partial charge in [-0.3, -0.25) is 4.79 Å². The van der Waals surface area contributed by atoms with Crippen LogP contribution in [0.3, 0.4) is 0 Å². The summed E-state index contributed by atoms with van der Waals surface area (Å²) >= 11 is 0. The van der Waals surface area contributed by atoms with Crippen LogP contribution in [0.25, 0.3) is 0 Å². The van der Waals surface area contributed by atoms with Gasteiger partial charge in [0.05, 0.1) is 17.7 Å². The fraction of sp³-hybridized carbons (Fsp3) is 0.200. The van der Waals surface area contributed by atoms with Gasteiger partial charge in [0.15, 0.2) is 0 Å². The van der Waals surface area contributed by atoms with Gasteiger partial charge < -0.3 is 0 Å². The molecule has 0 aromatic heterocycles. The number of amides is 1. The Kier molecular flexibility index (Phi) is 7.56. The fourth-order valence-electron chi connectivity index (χ4n) is 3.13. The highest BCUT2D eigenvalue weighted by atomic mass is 32.2. The van der Waals surface area contributed by atoms with E-state index in [4.69, 9.17) is 0 Å². The molecular formula is C25H27N3O3S. The van der Waals surface area contributed by atoms with Gasteiger partial charge in [0, 0.05) is 6.54 Å². The molecule has 7 heteroatoms. The molecule has 3 aromatic carbocycles. The molecule has 0 saturated carbocycles. The average molecular weight is 450 g/mol. The van der Waals surface area contributed by atoms with Gasteiger partial charge in [0.1, 0.15) is 0 Å². The van der Waals surface area contributed by atoms with E-state index in [1.807, 2.05) is 69.3 Å². The van der Waals surface area contributed by atoms with Crippen LogP contribution in [0.15, 0.2) is 82.8 Å². The standard InChI is InChI=1S/C25H27N3O3S/c1-19-7-11-22(12-8-19)16-26-27-25(29)18-28(17-23-6-4-5-21(3)15-23)32(30,31)24-13-9-20(2)10-14-24/h4-16H,17-18H2,1-3H3,(H,27,29)/b26-16-. The summed E-state index contributed by atoms with van der Waals surface area (Å²) in [6.45, 7) is 5.54. The van der Waals surface area contributed by atoms with Crippen LogP contribution in [-0.2, 0) is 21.4 Å². The zero-order valence-electron chi connectivity index (χ0n) is 18.4. The SMILES string of the molecule is Cc1ccc(/C=N\NC(=O)CN(Cc2cccc(C)c2)S(=O)(=O)c2ccc(C)cc2)cc1. The Bertz CT molecular complexity index is 1200. The second-order valence-corrected chi connectivity index (χ2v) is 9.72. The third-order valence-electron chi connectivity index (χ3n) is 4.90. The van der Waals surface area contributed by atoms with Crippen molar-refractivity contribution in [2.45, 2.75) is 32.2 Å². The summed E-state index contributed by atoms with van der Waals surface area (Å²) in [6.07, 6.45) is 1.52. The largest absolute Gasteiger partial charge is 0.272 e. The summed E-state index contributed by atoms with van der Waals surface area (Å²) in [5.41, 5.74) is 7.16. The highest BCUT2D eigenvalue weighted by Gasteiger charge is 2.27. The van der Waals surface area contributed by atoms with E-state index >= 15 is 0 Å². The maximum atomic E-state index is 13.3. The van der Waals surface area contributed by atoms with Crippen molar-refractivity contribution in [3.63, 3.8) is 0 Å². The molecule has 6 nitrogen and oxygen atoms in total. The number of hydrazone groups is 1. The minimum absolute atomic E-state index is 0.0764. The van der Waals surface area contributed by atoms with Crippen LogP contribution in [0.5, 0.6) is 0 Å². The van der Waals surface area contributed by atoms with Gasteiger partial charge in [-0.15, -0.1) is 0 Å². The molecule has 32 heavy (non-hydrogen) atoms. The molecule has 0 aliphatic heterocycles. The highest BCUT2D eigenvalue weighted by Crippen LogP contribution is 2.19. The van der Waals surface area contributed by atoms with Crippen molar-refractivity contribution >= 4 is 22.1 Å². The Morgan fingerprint density at radius 2 is 1.53 bits per heavy atom. The van der Waals surface area contributed by atoms with Gasteiger partial charge in [-0.05, 0) is 44.0 Å². The first-order valence-corrected chi connectivity index (χ1v) is 11.7. The lowest BCUT2D eigenvalue weighted by Gasteiger charge is -2.22. The van der Waals surface area contributed by atoms with E-state index in [1.54, 1.807) is 24.3 Å². The maximum absolute atomic E-state index is 13.3. The molecule has 1 amide bonds. The molecule has 0 atom stereocenters. The molecule has 0 aliphatic carbocycles. The molecular weight excluding hydrogens is 422 g/mol. The van der Waals surface area contributed by atoms with Crippen molar-refractivity contribution in [2.24, 2.45) is 5.10 Å². The van der Waals surface area contributed by atoms with E-state index in [-0.39, 0.29) is 18.0 Å². The van der Waals surface area contributed by atoms with Crippen molar-refractivity contribution in [3.8, 4) is 0 Å². The summed E-state index contributed by atoms with van der Waals surface area (Å²) in [6, 6.07) is 21.8. The van der Waals surface area contributed by atoms with E-state index < -0.39 is 15.9 Å². The number of carbonyl (C=O) groups excluding carboxylic acids is 1. The zero-order chi connectivity index (χ0) is 23.1. The monoisotopic (exact) mass is 449 g/mol. The van der Waals surface area contributed by atoms with Crippen molar-refractivity contribution in [3.05, 3.63) is 101 Å². The highest BCUT2D eigenvalue weighted by molar-refractivity contribution is 7.89. The third kappa shape index (κ3) is 6.35. The van der Waals surface area contributed by atoms with Crippen LogP contribution in [0.2, 0.25) is 0 Å². The maximum Gasteiger partial charge on any atom is 0.255 e. The van der Waals surface area contributed by atoms with Crippen molar-refractivity contribution in [1.29, 1.82) is 0 Å². The van der Waals surface area contributed by atoms with E-state index in [0.717, 1.165) is 27.8 Å². The molecule has 3 rings (SSSR count). The fourth-order valence-corrected chi connectivity index (χ4v) is 4.51. The van der Waals surface area contributed by atoms with Crippen molar-refractivity contribution in [2.75, 3.05) is 6.54 Å². The second kappa shape index (κ2) is 10.3. The number of nitrogens with one attached hydrogen (secondary N) is 1. The van der Waals surface area contributed by atoms with Gasteiger partial charge in [0.25, 0.3) is 5.91 Å². The molecule has 0 radical (unpaired) electrons. The first-order valence-electron chi connectivity index (χ1n) is 10.2. The average Bonchev–Trinajstić information content (AvgIpc) is 2.75. The Morgan fingerprint density at radius 3 is 2.16 bits per heavy atom. The number of sulfonamides is 1. The summed E-state index contributed by atoms with van der Waals surface area (Å²) in [7, 11) is -3.89. The number of aryl methyl sites for hydroxylation is 3. The molecule has 0 bridgehead atoms. The third-order valence-corrected chi connectivity index (χ3v) is 6.71. The predicted molar refractivity (Wildman–Crippen MR) is 127 cm³/mol. The van der Waals surface area contributed by atoms with Crippen LogP contribution < -0.4 is 5.43 Å². The zero-order valence-corrected chi connectivity index (χ0v) is 19.3. The van der Waals surface area contributed by atoms with Crippen LogP contribution in [-0.4, -0.2) is 31.4 Å². The molecule has 0 spiro atoms. The molecule has 0 unspecified atom stereocenters. The molecule has 3 aromatic rings. The Balaban J connectivity index is 1.79. The number of benzene rings is 3. The van der Waals surface area contributed by atoms with E-state index in [0.29, 0.717) is 0 Å². The van der Waals surface area contributed by atoms with Crippen LogP contribution in [0, 0.1) is 20.8 Å². The molecule has 166 valence electrons. The number of carbonyl (C=O) groups is 1. The first-order chi connectivity index (χ1) is 15.2.